The third kappa shape index (κ3) is 5.25. The van der Waals surface area contributed by atoms with Crippen LogP contribution < -0.4 is 5.32 Å². The maximum atomic E-state index is 11.9. The second-order valence-electron chi connectivity index (χ2n) is 6.13. The third-order valence-corrected chi connectivity index (χ3v) is 4.02. The molecule has 0 aliphatic carbocycles. The summed E-state index contributed by atoms with van der Waals surface area (Å²) in [5, 5.41) is 3.71. The Balaban J connectivity index is 1.49. The van der Waals surface area contributed by atoms with Gasteiger partial charge in [-0.15, -0.1) is 0 Å². The van der Waals surface area contributed by atoms with Crippen molar-refractivity contribution in [2.75, 3.05) is 6.61 Å². The minimum absolute atomic E-state index is 0.317. The standard InChI is InChI=1S/C22H20N2O3/c1-16-7-9-17(10-8-16)14-24-20(25)15-27-21(26)12-11-19-5-2-4-18-6-3-13-23-22(18)19/h2-13H,14-15H2,1H3,(H,24,25)/b12-11+. The Hall–Kier alpha value is -3.47. The van der Waals surface area contributed by atoms with Gasteiger partial charge in [-0.2, -0.15) is 0 Å². The van der Waals surface area contributed by atoms with Gasteiger partial charge in [0.15, 0.2) is 6.61 Å². The number of ether oxygens (including phenoxy) is 1. The molecule has 3 aromatic rings. The number of para-hydroxylation sites is 1. The van der Waals surface area contributed by atoms with Gasteiger partial charge in [-0.3, -0.25) is 9.78 Å². The number of esters is 1. The number of nitrogens with one attached hydrogen (secondary N) is 1. The highest BCUT2D eigenvalue weighted by Gasteiger charge is 2.05. The molecule has 0 aliphatic heterocycles. The first-order chi connectivity index (χ1) is 13.1. The number of benzene rings is 2. The summed E-state index contributed by atoms with van der Waals surface area (Å²) in [6.45, 7) is 2.08. The van der Waals surface area contributed by atoms with Crippen molar-refractivity contribution < 1.29 is 14.3 Å². The van der Waals surface area contributed by atoms with Gasteiger partial charge in [0.1, 0.15) is 0 Å². The Kier molecular flexibility index (Phi) is 5.94. The third-order valence-electron chi connectivity index (χ3n) is 4.02. The first-order valence-electron chi connectivity index (χ1n) is 8.62. The van der Waals surface area contributed by atoms with Gasteiger partial charge < -0.3 is 10.1 Å². The van der Waals surface area contributed by atoms with Gasteiger partial charge in [-0.1, -0.05) is 54.1 Å². The molecule has 0 unspecified atom stereocenters. The monoisotopic (exact) mass is 360 g/mol. The number of fused-ring (bicyclic) bond motifs is 1. The predicted molar refractivity (Wildman–Crippen MR) is 105 cm³/mol. The van der Waals surface area contributed by atoms with Crippen LogP contribution in [0.15, 0.2) is 66.9 Å². The quantitative estimate of drug-likeness (QED) is 0.540. The van der Waals surface area contributed by atoms with Gasteiger partial charge in [0.25, 0.3) is 5.91 Å². The normalized spacial score (nSPS) is 10.9. The van der Waals surface area contributed by atoms with Crippen molar-refractivity contribution >= 4 is 28.9 Å². The minimum atomic E-state index is -0.576. The van der Waals surface area contributed by atoms with Crippen LogP contribution in [-0.4, -0.2) is 23.5 Å². The molecule has 0 saturated carbocycles. The second kappa shape index (κ2) is 8.76. The molecule has 5 nitrogen and oxygen atoms in total. The van der Waals surface area contributed by atoms with Crippen LogP contribution in [0.5, 0.6) is 0 Å². The largest absolute Gasteiger partial charge is 0.452 e. The van der Waals surface area contributed by atoms with Crippen LogP contribution in [-0.2, 0) is 20.9 Å². The van der Waals surface area contributed by atoms with E-state index in [0.29, 0.717) is 6.54 Å². The molecule has 5 heteroatoms. The zero-order valence-corrected chi connectivity index (χ0v) is 15.0. The van der Waals surface area contributed by atoms with E-state index in [1.165, 1.54) is 6.08 Å². The van der Waals surface area contributed by atoms with Crippen molar-refractivity contribution in [3.63, 3.8) is 0 Å². The van der Waals surface area contributed by atoms with E-state index in [9.17, 15) is 9.59 Å². The predicted octanol–water partition coefficient (Wildman–Crippen LogP) is 3.42. The highest BCUT2D eigenvalue weighted by Crippen LogP contribution is 2.17. The summed E-state index contributed by atoms with van der Waals surface area (Å²) >= 11 is 0. The zero-order valence-electron chi connectivity index (χ0n) is 15.0. The number of carbonyl (C=O) groups is 2. The molecule has 0 radical (unpaired) electrons. The van der Waals surface area contributed by atoms with Crippen LogP contribution in [0.2, 0.25) is 0 Å². The molecular formula is C22H20N2O3. The molecule has 27 heavy (non-hydrogen) atoms. The van der Waals surface area contributed by atoms with E-state index in [1.807, 2.05) is 61.5 Å². The van der Waals surface area contributed by atoms with Gasteiger partial charge >= 0.3 is 5.97 Å². The molecular weight excluding hydrogens is 340 g/mol. The zero-order chi connectivity index (χ0) is 19.1. The average molecular weight is 360 g/mol. The number of carbonyl (C=O) groups excluding carboxylic acids is 2. The Bertz CT molecular complexity index is 973. The fourth-order valence-electron chi connectivity index (χ4n) is 2.56. The van der Waals surface area contributed by atoms with E-state index in [2.05, 4.69) is 10.3 Å². The Morgan fingerprint density at radius 2 is 1.85 bits per heavy atom. The average Bonchev–Trinajstić information content (AvgIpc) is 2.70. The Morgan fingerprint density at radius 3 is 2.67 bits per heavy atom. The Morgan fingerprint density at radius 1 is 1.07 bits per heavy atom. The number of aromatic nitrogens is 1. The molecule has 2 aromatic carbocycles. The second-order valence-corrected chi connectivity index (χ2v) is 6.13. The Labute approximate surface area is 157 Å². The molecule has 136 valence electrons. The molecule has 0 aliphatic rings. The van der Waals surface area contributed by atoms with E-state index in [4.69, 9.17) is 4.74 Å². The number of amides is 1. The smallest absolute Gasteiger partial charge is 0.331 e. The number of hydrogen-bond donors (Lipinski definition) is 1. The van der Waals surface area contributed by atoms with E-state index in [0.717, 1.165) is 27.6 Å². The number of hydrogen-bond acceptors (Lipinski definition) is 4. The van der Waals surface area contributed by atoms with Crippen LogP contribution in [0, 0.1) is 6.92 Å². The minimum Gasteiger partial charge on any atom is -0.452 e. The van der Waals surface area contributed by atoms with Crippen molar-refractivity contribution in [1.29, 1.82) is 0 Å². The van der Waals surface area contributed by atoms with Crippen LogP contribution in [0.4, 0.5) is 0 Å². The maximum Gasteiger partial charge on any atom is 0.331 e. The van der Waals surface area contributed by atoms with Gasteiger partial charge in [0.2, 0.25) is 0 Å². The summed E-state index contributed by atoms with van der Waals surface area (Å²) in [5.41, 5.74) is 3.77. The molecule has 1 aromatic heterocycles. The summed E-state index contributed by atoms with van der Waals surface area (Å²) < 4.78 is 4.99. The fraction of sp³-hybridized carbons (Fsp3) is 0.136. The molecule has 0 spiro atoms. The van der Waals surface area contributed by atoms with Crippen molar-refractivity contribution in [3.05, 3.63) is 83.6 Å². The van der Waals surface area contributed by atoms with Gasteiger partial charge in [0, 0.05) is 29.8 Å². The van der Waals surface area contributed by atoms with Crippen molar-refractivity contribution in [1.82, 2.24) is 10.3 Å². The lowest BCUT2D eigenvalue weighted by Gasteiger charge is -2.06. The summed E-state index contributed by atoms with van der Waals surface area (Å²) in [7, 11) is 0. The highest BCUT2D eigenvalue weighted by molar-refractivity contribution is 5.93. The van der Waals surface area contributed by atoms with Gasteiger partial charge in [-0.05, 0) is 24.6 Å². The van der Waals surface area contributed by atoms with E-state index >= 15 is 0 Å². The lowest BCUT2D eigenvalue weighted by Crippen LogP contribution is -2.28. The van der Waals surface area contributed by atoms with Crippen molar-refractivity contribution in [2.24, 2.45) is 0 Å². The summed E-state index contributed by atoms with van der Waals surface area (Å²) in [6.07, 6.45) is 4.65. The lowest BCUT2D eigenvalue weighted by molar-refractivity contribution is -0.143. The van der Waals surface area contributed by atoms with Crippen LogP contribution in [0.25, 0.3) is 17.0 Å². The first kappa shape index (κ1) is 18.3. The molecule has 1 amide bonds. The number of nitrogens with zero attached hydrogens (tertiary/aromatic N) is 1. The van der Waals surface area contributed by atoms with Gasteiger partial charge in [-0.25, -0.2) is 4.79 Å². The highest BCUT2D eigenvalue weighted by atomic mass is 16.5. The molecule has 0 atom stereocenters. The fourth-order valence-corrected chi connectivity index (χ4v) is 2.56. The number of rotatable bonds is 6. The molecule has 0 bridgehead atoms. The summed E-state index contributed by atoms with van der Waals surface area (Å²) in [6, 6.07) is 17.4. The number of pyridine rings is 1. The van der Waals surface area contributed by atoms with Crippen LogP contribution >= 0.6 is 0 Å². The molecule has 1 N–H and O–H groups in total. The van der Waals surface area contributed by atoms with E-state index in [1.54, 1.807) is 12.3 Å². The first-order valence-corrected chi connectivity index (χ1v) is 8.62. The topological polar surface area (TPSA) is 68.3 Å². The number of aryl methyl sites for hydroxylation is 1. The molecule has 0 fully saturated rings. The SMILES string of the molecule is Cc1ccc(CNC(=O)COC(=O)/C=C/c2cccc3cccnc23)cc1. The van der Waals surface area contributed by atoms with Crippen molar-refractivity contribution in [2.45, 2.75) is 13.5 Å². The summed E-state index contributed by atoms with van der Waals surface area (Å²) in [5.74, 6) is -0.919. The van der Waals surface area contributed by atoms with Crippen LogP contribution in [0.1, 0.15) is 16.7 Å². The molecule has 3 rings (SSSR count). The van der Waals surface area contributed by atoms with Gasteiger partial charge in [0.05, 0.1) is 5.52 Å². The lowest BCUT2D eigenvalue weighted by atomic mass is 10.1. The molecule has 1 heterocycles. The van der Waals surface area contributed by atoms with E-state index < -0.39 is 5.97 Å². The molecule has 0 saturated heterocycles. The van der Waals surface area contributed by atoms with E-state index in [-0.39, 0.29) is 12.5 Å². The maximum absolute atomic E-state index is 11.9. The van der Waals surface area contributed by atoms with Crippen molar-refractivity contribution in [3.8, 4) is 0 Å². The van der Waals surface area contributed by atoms with Crippen LogP contribution in [0.3, 0.4) is 0 Å². The summed E-state index contributed by atoms with van der Waals surface area (Å²) in [4.78, 5) is 28.0.